The Labute approximate surface area is 247 Å². The van der Waals surface area contributed by atoms with Gasteiger partial charge in [0.15, 0.2) is 0 Å². The van der Waals surface area contributed by atoms with E-state index in [1.807, 2.05) is 131 Å². The molecule has 3 atom stereocenters. The minimum absolute atomic E-state index is 0.0799. The lowest BCUT2D eigenvalue weighted by Crippen LogP contribution is -2.40. The molecule has 0 aliphatic heterocycles. The summed E-state index contributed by atoms with van der Waals surface area (Å²) in [6.07, 6.45) is -5.23. The van der Waals surface area contributed by atoms with Crippen molar-refractivity contribution in [3.05, 3.63) is 144 Å². The van der Waals surface area contributed by atoms with Crippen LogP contribution in [0, 0.1) is 0 Å². The van der Waals surface area contributed by atoms with E-state index in [2.05, 4.69) is 0 Å². The van der Waals surface area contributed by atoms with E-state index in [-0.39, 0.29) is 13.1 Å². The van der Waals surface area contributed by atoms with Gasteiger partial charge in [-0.05, 0) is 22.3 Å². The maximum absolute atomic E-state index is 15.2. The zero-order valence-electron chi connectivity index (χ0n) is 23.6. The lowest BCUT2D eigenvalue weighted by atomic mass is 10.1. The second kappa shape index (κ2) is 16.5. The molecule has 42 heavy (non-hydrogen) atoms. The number of hydrogen-bond acceptors (Lipinski definition) is 5. The van der Waals surface area contributed by atoms with Gasteiger partial charge in [-0.15, -0.1) is 0 Å². The van der Waals surface area contributed by atoms with Crippen molar-refractivity contribution in [3.63, 3.8) is 0 Å². The van der Waals surface area contributed by atoms with Crippen molar-refractivity contribution in [1.29, 1.82) is 0 Å². The number of aliphatic hydroxyl groups is 1. The first kappa shape index (κ1) is 31.0. The second-order valence-corrected chi connectivity index (χ2v) is 10.5. The van der Waals surface area contributed by atoms with E-state index in [0.29, 0.717) is 26.2 Å². The highest BCUT2D eigenvalue weighted by atomic mass is 19.1. The summed E-state index contributed by atoms with van der Waals surface area (Å²) in [5, 5.41) is 10.5. The minimum Gasteiger partial charge on any atom is -0.461 e. The largest absolute Gasteiger partial charge is 0.461 e. The van der Waals surface area contributed by atoms with E-state index in [4.69, 9.17) is 4.74 Å². The zero-order valence-corrected chi connectivity index (χ0v) is 23.6. The third kappa shape index (κ3) is 10.5. The molecular formula is C35H38F2N2O3. The Kier molecular flexibility index (Phi) is 12.2. The molecule has 0 radical (unpaired) electrons. The topological polar surface area (TPSA) is 53.0 Å². The summed E-state index contributed by atoms with van der Waals surface area (Å²) >= 11 is 0. The summed E-state index contributed by atoms with van der Waals surface area (Å²) in [5.74, 6) is -1.11. The number of carbonyl (C=O) groups is 1. The molecule has 0 fully saturated rings. The Morgan fingerprint density at radius 1 is 0.595 bits per heavy atom. The Morgan fingerprint density at radius 2 is 0.929 bits per heavy atom. The first-order chi connectivity index (χ1) is 20.5. The van der Waals surface area contributed by atoms with Crippen molar-refractivity contribution in [2.75, 3.05) is 19.7 Å². The van der Waals surface area contributed by atoms with Crippen LogP contribution in [-0.2, 0) is 35.7 Å². The number of carbonyl (C=O) groups excluding carboxylic acids is 1. The average Bonchev–Trinajstić information content (AvgIpc) is 3.01. The number of benzene rings is 4. The van der Waals surface area contributed by atoms with Crippen LogP contribution in [0.5, 0.6) is 0 Å². The molecule has 0 unspecified atom stereocenters. The van der Waals surface area contributed by atoms with Crippen LogP contribution in [0.15, 0.2) is 121 Å². The van der Waals surface area contributed by atoms with Crippen LogP contribution in [0.25, 0.3) is 0 Å². The molecule has 0 bridgehead atoms. The lowest BCUT2D eigenvalue weighted by Gasteiger charge is -2.27. The fourth-order valence-electron chi connectivity index (χ4n) is 4.77. The molecule has 4 aromatic carbocycles. The molecule has 1 N–H and O–H groups in total. The van der Waals surface area contributed by atoms with Gasteiger partial charge in [0.25, 0.3) is 0 Å². The summed E-state index contributed by atoms with van der Waals surface area (Å²) in [4.78, 5) is 16.3. The molecule has 0 spiro atoms. The summed E-state index contributed by atoms with van der Waals surface area (Å²) < 4.78 is 35.4. The molecule has 0 heterocycles. The predicted molar refractivity (Wildman–Crippen MR) is 161 cm³/mol. The standard InChI is InChI=1S/C35H38F2N2O3/c36-32(25-38(21-28-13-5-1-6-14-28)22-29-15-7-2-8-16-29)34(40)27-42-35(41)33(37)26-39(23-30-17-9-3-10-18-30)24-31-19-11-4-12-20-31/h1-20,32-34,40H,21-27H2/t32-,33-,34-/m0/s1. The summed E-state index contributed by atoms with van der Waals surface area (Å²) in [7, 11) is 0. The quantitative estimate of drug-likeness (QED) is 0.168. The fraction of sp³-hybridized carbons (Fsp3) is 0.286. The molecule has 0 aliphatic carbocycles. The van der Waals surface area contributed by atoms with Gasteiger partial charge in [0.1, 0.15) is 18.9 Å². The van der Waals surface area contributed by atoms with Gasteiger partial charge < -0.3 is 9.84 Å². The van der Waals surface area contributed by atoms with Gasteiger partial charge in [-0.3, -0.25) is 9.80 Å². The van der Waals surface area contributed by atoms with Crippen molar-refractivity contribution in [2.24, 2.45) is 0 Å². The van der Waals surface area contributed by atoms with Gasteiger partial charge in [0.05, 0.1) is 0 Å². The lowest BCUT2D eigenvalue weighted by molar-refractivity contribution is -0.155. The number of aliphatic hydroxyl groups excluding tert-OH is 1. The Balaban J connectivity index is 1.31. The van der Waals surface area contributed by atoms with E-state index in [0.717, 1.165) is 22.3 Å². The first-order valence-electron chi connectivity index (χ1n) is 14.2. The van der Waals surface area contributed by atoms with Crippen molar-refractivity contribution in [3.8, 4) is 0 Å². The number of halogens is 2. The van der Waals surface area contributed by atoms with E-state index in [9.17, 15) is 9.90 Å². The summed E-state index contributed by atoms with van der Waals surface area (Å²) in [5.41, 5.74) is 4.00. The Hall–Kier alpha value is -3.91. The Bertz CT molecular complexity index is 1230. The van der Waals surface area contributed by atoms with Gasteiger partial charge in [-0.2, -0.15) is 0 Å². The molecule has 7 heteroatoms. The van der Waals surface area contributed by atoms with Crippen molar-refractivity contribution >= 4 is 5.97 Å². The van der Waals surface area contributed by atoms with Crippen molar-refractivity contribution in [1.82, 2.24) is 9.80 Å². The third-order valence-electron chi connectivity index (χ3n) is 6.92. The highest BCUT2D eigenvalue weighted by Gasteiger charge is 2.27. The maximum atomic E-state index is 15.2. The summed E-state index contributed by atoms with van der Waals surface area (Å²) in [6.45, 7) is 0.946. The number of ether oxygens (including phenoxy) is 1. The van der Waals surface area contributed by atoms with Crippen LogP contribution >= 0.6 is 0 Å². The Morgan fingerprint density at radius 3 is 1.29 bits per heavy atom. The van der Waals surface area contributed by atoms with Crippen LogP contribution in [-0.4, -0.2) is 59.0 Å². The van der Waals surface area contributed by atoms with E-state index < -0.39 is 31.0 Å². The molecule has 0 saturated carbocycles. The van der Waals surface area contributed by atoms with Crippen molar-refractivity contribution < 1.29 is 23.4 Å². The van der Waals surface area contributed by atoms with Gasteiger partial charge in [0, 0.05) is 39.3 Å². The normalized spacial score (nSPS) is 13.5. The number of hydrogen-bond donors (Lipinski definition) is 1. The van der Waals surface area contributed by atoms with Crippen LogP contribution in [0.2, 0.25) is 0 Å². The molecule has 5 nitrogen and oxygen atoms in total. The molecule has 4 rings (SSSR count). The molecule has 0 saturated heterocycles. The minimum atomic E-state index is -1.95. The van der Waals surface area contributed by atoms with Gasteiger partial charge in [-0.25, -0.2) is 13.6 Å². The number of nitrogens with zero attached hydrogens (tertiary/aromatic N) is 2. The smallest absolute Gasteiger partial charge is 0.342 e. The highest BCUT2D eigenvalue weighted by Crippen LogP contribution is 2.15. The van der Waals surface area contributed by atoms with Crippen LogP contribution < -0.4 is 0 Å². The fourth-order valence-corrected chi connectivity index (χ4v) is 4.77. The summed E-state index contributed by atoms with van der Waals surface area (Å²) in [6, 6.07) is 38.6. The first-order valence-corrected chi connectivity index (χ1v) is 14.2. The molecule has 0 aromatic heterocycles. The molecule has 4 aromatic rings. The van der Waals surface area contributed by atoms with E-state index in [1.165, 1.54) is 0 Å². The average molecular weight is 573 g/mol. The molecule has 0 aliphatic rings. The molecule has 220 valence electrons. The van der Waals surface area contributed by atoms with Crippen LogP contribution in [0.3, 0.4) is 0 Å². The number of rotatable bonds is 16. The molecular weight excluding hydrogens is 534 g/mol. The second-order valence-electron chi connectivity index (χ2n) is 10.5. The van der Waals surface area contributed by atoms with E-state index >= 15 is 8.78 Å². The number of esters is 1. The predicted octanol–water partition coefficient (Wildman–Crippen LogP) is 5.97. The monoisotopic (exact) mass is 572 g/mol. The van der Waals surface area contributed by atoms with Gasteiger partial charge in [-0.1, -0.05) is 121 Å². The van der Waals surface area contributed by atoms with Gasteiger partial charge >= 0.3 is 5.97 Å². The SMILES string of the molecule is O=C(OC[C@H](O)[C@@H](F)CN(Cc1ccccc1)Cc1ccccc1)[C@@H](F)CN(Cc1ccccc1)Cc1ccccc1. The highest BCUT2D eigenvalue weighted by molar-refractivity contribution is 5.74. The third-order valence-corrected chi connectivity index (χ3v) is 6.92. The number of alkyl halides is 2. The van der Waals surface area contributed by atoms with Crippen LogP contribution in [0.1, 0.15) is 22.3 Å². The van der Waals surface area contributed by atoms with Crippen LogP contribution in [0.4, 0.5) is 8.78 Å². The maximum Gasteiger partial charge on any atom is 0.342 e. The molecule has 0 amide bonds. The zero-order chi connectivity index (χ0) is 29.6. The van der Waals surface area contributed by atoms with Crippen molar-refractivity contribution in [2.45, 2.75) is 44.6 Å². The van der Waals surface area contributed by atoms with Gasteiger partial charge in [0.2, 0.25) is 6.17 Å². The van der Waals surface area contributed by atoms with E-state index in [1.54, 1.807) is 0 Å².